The fourth-order valence-corrected chi connectivity index (χ4v) is 0.591. The van der Waals surface area contributed by atoms with E-state index in [4.69, 9.17) is 15.5 Å². The van der Waals surface area contributed by atoms with Crippen molar-refractivity contribution in [2.75, 3.05) is 0 Å². The zero-order valence-electron chi connectivity index (χ0n) is 8.04. The minimum absolute atomic E-state index is 0.195. The van der Waals surface area contributed by atoms with Gasteiger partial charge in [-0.1, -0.05) is 6.92 Å². The highest BCUT2D eigenvalue weighted by Crippen LogP contribution is 2.11. The molecule has 0 saturated carbocycles. The van der Waals surface area contributed by atoms with Crippen LogP contribution >= 0.6 is 0 Å². The van der Waals surface area contributed by atoms with Crippen LogP contribution in [-0.2, 0) is 0 Å². The lowest BCUT2D eigenvalue weighted by Gasteiger charge is -1.99. The van der Waals surface area contributed by atoms with Crippen molar-refractivity contribution in [3.8, 4) is 6.07 Å². The van der Waals surface area contributed by atoms with Crippen molar-refractivity contribution in [2.45, 2.75) is 20.3 Å². The summed E-state index contributed by atoms with van der Waals surface area (Å²) < 4.78 is 0. The molecule has 0 aliphatic heterocycles. The van der Waals surface area contributed by atoms with Crippen molar-refractivity contribution in [3.05, 3.63) is 36.3 Å². The molecule has 0 aromatic rings. The summed E-state index contributed by atoms with van der Waals surface area (Å²) in [6.07, 6.45) is 1.75. The number of aliphatic hydroxyl groups is 2. The van der Waals surface area contributed by atoms with Crippen molar-refractivity contribution in [2.24, 2.45) is 0 Å². The average molecular weight is 181 g/mol. The highest BCUT2D eigenvalue weighted by molar-refractivity contribution is 5.32. The first kappa shape index (κ1) is 13.9. The predicted molar refractivity (Wildman–Crippen MR) is 53.2 cm³/mol. The van der Waals surface area contributed by atoms with E-state index < -0.39 is 0 Å². The minimum Gasteiger partial charge on any atom is -0.504 e. The van der Waals surface area contributed by atoms with Gasteiger partial charge in [-0.2, -0.15) is 5.26 Å². The monoisotopic (exact) mass is 181 g/mol. The maximum atomic E-state index is 9.12. The summed E-state index contributed by atoms with van der Waals surface area (Å²) in [6, 6.07) is 1.80. The average Bonchev–Trinajstić information content (AvgIpc) is 2.21. The molecule has 0 aliphatic carbocycles. The van der Waals surface area contributed by atoms with Gasteiger partial charge in [0.15, 0.2) is 11.5 Å². The molecule has 0 aliphatic rings. The zero-order chi connectivity index (χ0) is 10.9. The van der Waals surface area contributed by atoms with Crippen molar-refractivity contribution < 1.29 is 10.2 Å². The van der Waals surface area contributed by atoms with Crippen LogP contribution < -0.4 is 0 Å². The first-order valence-corrected chi connectivity index (χ1v) is 3.85. The molecule has 3 nitrogen and oxygen atoms in total. The van der Waals surface area contributed by atoms with Crippen LogP contribution in [0.5, 0.6) is 0 Å². The maximum Gasteiger partial charge on any atom is 0.171 e. The van der Waals surface area contributed by atoms with Crippen LogP contribution in [0.1, 0.15) is 20.3 Å². The number of allylic oxidation sites excluding steroid dienone is 2. The van der Waals surface area contributed by atoms with E-state index in [-0.39, 0.29) is 17.1 Å². The molecular formula is C10H15NO2. The molecule has 0 aromatic heterocycles. The number of aliphatic hydroxyl groups excluding tert-OH is 2. The molecule has 0 atom stereocenters. The maximum absolute atomic E-state index is 9.12. The number of rotatable bonds is 2. The first-order valence-electron chi connectivity index (χ1n) is 3.85. The van der Waals surface area contributed by atoms with E-state index in [0.717, 1.165) is 0 Å². The van der Waals surface area contributed by atoms with E-state index in [2.05, 4.69) is 13.2 Å². The van der Waals surface area contributed by atoms with Gasteiger partial charge < -0.3 is 10.2 Å². The van der Waals surface area contributed by atoms with Gasteiger partial charge in [-0.3, -0.25) is 0 Å². The molecule has 0 rings (SSSR count). The number of nitriles is 1. The molecule has 0 aromatic carbocycles. The van der Waals surface area contributed by atoms with Crippen molar-refractivity contribution in [1.29, 1.82) is 5.26 Å². The van der Waals surface area contributed by atoms with Crippen LogP contribution in [0, 0.1) is 11.3 Å². The quantitative estimate of drug-likeness (QED) is 0.298. The molecule has 3 heteroatoms. The minimum atomic E-state index is -0.322. The second-order valence-corrected chi connectivity index (χ2v) is 1.97. The third-order valence-corrected chi connectivity index (χ3v) is 1.29. The summed E-state index contributed by atoms with van der Waals surface area (Å²) in [5.74, 6) is -0.569. The molecule has 0 fully saturated rings. The van der Waals surface area contributed by atoms with Gasteiger partial charge in [0.1, 0.15) is 0 Å². The molecule has 72 valence electrons. The van der Waals surface area contributed by atoms with E-state index in [1.54, 1.807) is 19.9 Å². The molecule has 2 N–H and O–H groups in total. The summed E-state index contributed by atoms with van der Waals surface area (Å²) in [6.45, 7) is 9.31. The Balaban J connectivity index is 0. The molecule has 0 saturated heterocycles. The third kappa shape index (κ3) is 4.70. The second-order valence-electron chi connectivity index (χ2n) is 1.97. The van der Waals surface area contributed by atoms with Gasteiger partial charge in [-0.05, 0) is 19.4 Å². The zero-order valence-corrected chi connectivity index (χ0v) is 8.04. The van der Waals surface area contributed by atoms with Crippen molar-refractivity contribution in [1.82, 2.24) is 0 Å². The topological polar surface area (TPSA) is 64.2 Å². The number of hydrogen-bond donors (Lipinski definition) is 2. The molecule has 0 radical (unpaired) electrons. The van der Waals surface area contributed by atoms with Crippen molar-refractivity contribution >= 4 is 0 Å². The van der Waals surface area contributed by atoms with Gasteiger partial charge in [-0.15, -0.1) is 13.2 Å². The van der Waals surface area contributed by atoms with Crippen LogP contribution in [0.2, 0.25) is 0 Å². The van der Waals surface area contributed by atoms with Crippen LogP contribution in [-0.4, -0.2) is 10.2 Å². The van der Waals surface area contributed by atoms with Gasteiger partial charge >= 0.3 is 0 Å². The summed E-state index contributed by atoms with van der Waals surface area (Å²) in [5.41, 5.74) is 0.195. The van der Waals surface area contributed by atoms with Gasteiger partial charge in [0.2, 0.25) is 0 Å². The predicted octanol–water partition coefficient (Wildman–Crippen LogP) is 3.00. The van der Waals surface area contributed by atoms with Gasteiger partial charge in [0.05, 0.1) is 11.6 Å². The van der Waals surface area contributed by atoms with Crippen molar-refractivity contribution in [3.63, 3.8) is 0 Å². The number of hydrogen-bond acceptors (Lipinski definition) is 3. The normalized spacial score (nSPS) is 11.9. The summed E-state index contributed by atoms with van der Waals surface area (Å²) >= 11 is 0. The van der Waals surface area contributed by atoms with Crippen LogP contribution in [0.25, 0.3) is 0 Å². The molecule has 13 heavy (non-hydrogen) atoms. The summed E-state index contributed by atoms with van der Waals surface area (Å²) in [7, 11) is 0. The Morgan fingerprint density at radius 1 is 1.46 bits per heavy atom. The Kier molecular flexibility index (Phi) is 8.97. The number of nitrogens with zero attached hydrogens (tertiary/aromatic N) is 1. The SMILES string of the molecule is C/C=C(O)\C(O)=C(\C#N)CC.C=C. The summed E-state index contributed by atoms with van der Waals surface area (Å²) in [4.78, 5) is 0. The lowest BCUT2D eigenvalue weighted by atomic mass is 10.2. The standard InChI is InChI=1S/C8H11NO2.C2H4/c1-3-6(5-9)8(11)7(10)4-2;1-2/h4,10-11H,3H2,1-2H3;1-2H2/b7-4+,8-6-;. The molecule has 0 bridgehead atoms. The molecular weight excluding hydrogens is 166 g/mol. The van der Waals surface area contributed by atoms with E-state index in [1.807, 2.05) is 0 Å². The molecule has 0 unspecified atom stereocenters. The fraction of sp³-hybridized carbons (Fsp3) is 0.300. The molecule has 0 spiro atoms. The molecule has 0 amide bonds. The third-order valence-electron chi connectivity index (χ3n) is 1.29. The van der Waals surface area contributed by atoms with E-state index >= 15 is 0 Å². The summed E-state index contributed by atoms with van der Waals surface area (Å²) in [5, 5.41) is 26.5. The molecule has 0 heterocycles. The highest BCUT2D eigenvalue weighted by atomic mass is 16.3. The largest absolute Gasteiger partial charge is 0.504 e. The van der Waals surface area contributed by atoms with Crippen LogP contribution in [0.15, 0.2) is 36.3 Å². The van der Waals surface area contributed by atoms with Crippen LogP contribution in [0.3, 0.4) is 0 Å². The fourth-order valence-electron chi connectivity index (χ4n) is 0.591. The first-order chi connectivity index (χ1) is 6.17. The van der Waals surface area contributed by atoms with Gasteiger partial charge in [-0.25, -0.2) is 0 Å². The second kappa shape index (κ2) is 8.41. The lowest BCUT2D eigenvalue weighted by Crippen LogP contribution is -1.91. The van der Waals surface area contributed by atoms with Crippen LogP contribution in [0.4, 0.5) is 0 Å². The Morgan fingerprint density at radius 2 is 1.92 bits per heavy atom. The smallest absolute Gasteiger partial charge is 0.171 e. The lowest BCUT2D eigenvalue weighted by molar-refractivity contribution is 0.322. The van der Waals surface area contributed by atoms with E-state index in [1.165, 1.54) is 6.08 Å². The Bertz CT molecular complexity index is 246. The Morgan fingerprint density at radius 3 is 2.15 bits per heavy atom. The van der Waals surface area contributed by atoms with Gasteiger partial charge in [0.25, 0.3) is 0 Å². The van der Waals surface area contributed by atoms with Gasteiger partial charge in [0, 0.05) is 0 Å². The Hall–Kier alpha value is -1.69. The highest BCUT2D eigenvalue weighted by Gasteiger charge is 2.05. The van der Waals surface area contributed by atoms with E-state index in [0.29, 0.717) is 6.42 Å². The van der Waals surface area contributed by atoms with E-state index in [9.17, 15) is 0 Å². The Labute approximate surface area is 78.9 Å².